The van der Waals surface area contributed by atoms with Gasteiger partial charge < -0.3 is 20.7 Å². The van der Waals surface area contributed by atoms with Crippen LogP contribution in [0.2, 0.25) is 5.02 Å². The summed E-state index contributed by atoms with van der Waals surface area (Å²) in [7, 11) is 0. The fourth-order valence-electron chi connectivity index (χ4n) is 3.82. The molecule has 2 heterocycles. The SMILES string of the molecule is O=C(NC1(C(=O)NCc2ccc(Nc3ccc(Cl)cc3C(F)(F)F)cc2F)CCOC1)c1cn[nH]c(=O)c1. The summed E-state index contributed by atoms with van der Waals surface area (Å²) in [6.07, 6.45) is -3.42. The Bertz CT molecular complexity index is 1420. The molecule has 0 spiro atoms. The van der Waals surface area contributed by atoms with Crippen molar-refractivity contribution in [3.05, 3.63) is 86.5 Å². The van der Waals surface area contributed by atoms with E-state index in [9.17, 15) is 31.9 Å². The van der Waals surface area contributed by atoms with Gasteiger partial charge >= 0.3 is 6.18 Å². The molecule has 1 fully saturated rings. The van der Waals surface area contributed by atoms with Crippen LogP contribution in [0.3, 0.4) is 0 Å². The van der Waals surface area contributed by atoms with E-state index in [1.54, 1.807) is 0 Å². The summed E-state index contributed by atoms with van der Waals surface area (Å²) in [5, 5.41) is 13.2. The van der Waals surface area contributed by atoms with Crippen LogP contribution in [0.15, 0.2) is 53.5 Å². The molecule has 0 bridgehead atoms. The lowest BCUT2D eigenvalue weighted by Gasteiger charge is -2.27. The average Bonchev–Trinajstić information content (AvgIpc) is 3.33. The molecule has 1 aromatic heterocycles. The first kappa shape index (κ1) is 27.1. The van der Waals surface area contributed by atoms with Crippen molar-refractivity contribution >= 4 is 34.8 Å². The third kappa shape index (κ3) is 6.11. The van der Waals surface area contributed by atoms with Gasteiger partial charge in [-0.05, 0) is 30.3 Å². The molecule has 0 aliphatic carbocycles. The summed E-state index contributed by atoms with van der Waals surface area (Å²) < 4.78 is 60.1. The number of aromatic nitrogens is 2. The van der Waals surface area contributed by atoms with Crippen molar-refractivity contribution in [1.82, 2.24) is 20.8 Å². The predicted molar refractivity (Wildman–Crippen MR) is 128 cm³/mol. The number of anilines is 2. The highest BCUT2D eigenvalue weighted by atomic mass is 35.5. The van der Waals surface area contributed by atoms with Crippen LogP contribution in [0.4, 0.5) is 28.9 Å². The third-order valence-electron chi connectivity index (χ3n) is 5.79. The number of hydrogen-bond donors (Lipinski definition) is 4. The summed E-state index contributed by atoms with van der Waals surface area (Å²) >= 11 is 5.68. The standard InChI is InChI=1S/C24H20ClF4N5O4/c25-15-2-4-19(17(8-15)24(27,28)29)32-16-3-1-13(18(26)9-16)10-30-22(37)23(5-6-38-12-23)33-21(36)14-7-20(35)34-31-11-14/h1-4,7-9,11,32H,5-6,10,12H2,(H,30,37)(H,33,36)(H,34,35). The smallest absolute Gasteiger partial charge is 0.378 e. The number of benzene rings is 2. The van der Waals surface area contributed by atoms with E-state index in [4.69, 9.17) is 16.3 Å². The maximum atomic E-state index is 14.8. The molecule has 1 aliphatic rings. The minimum absolute atomic E-state index is 0.0461. The summed E-state index contributed by atoms with van der Waals surface area (Å²) in [6, 6.07) is 7.85. The highest BCUT2D eigenvalue weighted by Crippen LogP contribution is 2.37. The number of nitrogens with one attached hydrogen (secondary N) is 4. The Morgan fingerprint density at radius 2 is 1.95 bits per heavy atom. The van der Waals surface area contributed by atoms with Crippen LogP contribution in [0.1, 0.15) is 27.9 Å². The Morgan fingerprint density at radius 3 is 2.61 bits per heavy atom. The Balaban J connectivity index is 1.45. The average molecular weight is 554 g/mol. The number of H-pyrrole nitrogens is 1. The van der Waals surface area contributed by atoms with E-state index in [0.717, 1.165) is 30.5 Å². The van der Waals surface area contributed by atoms with E-state index in [1.165, 1.54) is 18.2 Å². The number of aromatic amines is 1. The second kappa shape index (κ2) is 10.8. The molecule has 1 saturated heterocycles. The zero-order valence-corrected chi connectivity index (χ0v) is 20.2. The maximum Gasteiger partial charge on any atom is 0.418 e. The zero-order valence-electron chi connectivity index (χ0n) is 19.4. The van der Waals surface area contributed by atoms with Crippen molar-refractivity contribution in [2.45, 2.75) is 24.7 Å². The van der Waals surface area contributed by atoms with Gasteiger partial charge in [0.2, 0.25) is 5.91 Å². The lowest BCUT2D eigenvalue weighted by molar-refractivity contribution is -0.137. The lowest BCUT2D eigenvalue weighted by atomic mass is 9.96. The molecular weight excluding hydrogens is 534 g/mol. The largest absolute Gasteiger partial charge is 0.418 e. The second-order valence-electron chi connectivity index (χ2n) is 8.47. The van der Waals surface area contributed by atoms with Gasteiger partial charge in [0.15, 0.2) is 0 Å². The summed E-state index contributed by atoms with van der Waals surface area (Å²) in [4.78, 5) is 37.1. The first-order valence-electron chi connectivity index (χ1n) is 11.1. The van der Waals surface area contributed by atoms with Crippen LogP contribution >= 0.6 is 11.6 Å². The fourth-order valence-corrected chi connectivity index (χ4v) is 3.99. The number of ether oxygens (including phenoxy) is 1. The second-order valence-corrected chi connectivity index (χ2v) is 8.91. The molecule has 3 aromatic rings. The van der Waals surface area contributed by atoms with Crippen molar-refractivity contribution in [1.29, 1.82) is 0 Å². The molecule has 0 radical (unpaired) electrons. The summed E-state index contributed by atoms with van der Waals surface area (Å²) in [5.74, 6) is -2.14. The predicted octanol–water partition coefficient (Wildman–Crippen LogP) is 3.53. The minimum atomic E-state index is -4.68. The molecule has 2 aromatic carbocycles. The first-order valence-corrected chi connectivity index (χ1v) is 11.5. The number of carbonyl (C=O) groups is 2. The van der Waals surface area contributed by atoms with Crippen molar-refractivity contribution in [3.63, 3.8) is 0 Å². The topological polar surface area (TPSA) is 125 Å². The number of rotatable bonds is 7. The number of alkyl halides is 3. The monoisotopic (exact) mass is 553 g/mol. The number of carbonyl (C=O) groups excluding carboxylic acids is 2. The van der Waals surface area contributed by atoms with Gasteiger partial charge in [0.25, 0.3) is 11.5 Å². The van der Waals surface area contributed by atoms with Gasteiger partial charge in [-0.25, -0.2) is 9.49 Å². The molecule has 4 rings (SSSR count). The van der Waals surface area contributed by atoms with E-state index >= 15 is 0 Å². The van der Waals surface area contributed by atoms with Gasteiger partial charge in [-0.2, -0.15) is 18.3 Å². The van der Waals surface area contributed by atoms with Crippen LogP contribution in [0, 0.1) is 5.82 Å². The molecule has 9 nitrogen and oxygen atoms in total. The van der Waals surface area contributed by atoms with Crippen LogP contribution in [-0.4, -0.2) is 40.8 Å². The normalized spacial score (nSPS) is 17.2. The third-order valence-corrected chi connectivity index (χ3v) is 6.03. The Kier molecular flexibility index (Phi) is 7.69. The van der Waals surface area contributed by atoms with Gasteiger partial charge in [-0.3, -0.25) is 14.4 Å². The fraction of sp³-hybridized carbons (Fsp3) is 0.250. The van der Waals surface area contributed by atoms with Gasteiger partial charge in [0, 0.05) is 41.9 Å². The van der Waals surface area contributed by atoms with Gasteiger partial charge in [-0.1, -0.05) is 17.7 Å². The minimum Gasteiger partial charge on any atom is -0.378 e. The van der Waals surface area contributed by atoms with E-state index in [0.29, 0.717) is 0 Å². The van der Waals surface area contributed by atoms with Crippen molar-refractivity contribution in [2.75, 3.05) is 18.5 Å². The van der Waals surface area contributed by atoms with Crippen molar-refractivity contribution in [3.8, 4) is 0 Å². The van der Waals surface area contributed by atoms with Crippen LogP contribution < -0.4 is 21.5 Å². The molecule has 0 saturated carbocycles. The number of hydrogen-bond acceptors (Lipinski definition) is 6. The summed E-state index contributed by atoms with van der Waals surface area (Å²) in [5.41, 5.74) is -3.34. The molecule has 14 heteroatoms. The molecule has 1 atom stereocenters. The molecule has 38 heavy (non-hydrogen) atoms. The van der Waals surface area contributed by atoms with E-state index in [1.807, 2.05) is 0 Å². The first-order chi connectivity index (χ1) is 18.0. The molecule has 1 aliphatic heterocycles. The Morgan fingerprint density at radius 1 is 1.16 bits per heavy atom. The number of halogens is 5. The quantitative estimate of drug-likeness (QED) is 0.332. The maximum absolute atomic E-state index is 14.8. The van der Waals surface area contributed by atoms with E-state index in [2.05, 4.69) is 26.1 Å². The zero-order chi connectivity index (χ0) is 27.5. The molecular formula is C24H20ClF4N5O4. The molecule has 1 unspecified atom stereocenters. The van der Waals surface area contributed by atoms with Gasteiger partial charge in [0.1, 0.15) is 11.4 Å². The van der Waals surface area contributed by atoms with Crippen LogP contribution in [0.25, 0.3) is 0 Å². The van der Waals surface area contributed by atoms with Gasteiger partial charge in [-0.15, -0.1) is 0 Å². The molecule has 2 amide bonds. The Labute approximate surface area is 217 Å². The van der Waals surface area contributed by atoms with Crippen molar-refractivity contribution < 1.29 is 31.9 Å². The Hall–Kier alpha value is -3.97. The molecule has 200 valence electrons. The highest BCUT2D eigenvalue weighted by Gasteiger charge is 2.44. The van der Waals surface area contributed by atoms with Gasteiger partial charge in [0.05, 0.1) is 29.6 Å². The summed E-state index contributed by atoms with van der Waals surface area (Å²) in [6.45, 7) is -0.236. The van der Waals surface area contributed by atoms with Crippen LogP contribution in [0.5, 0.6) is 0 Å². The number of amides is 2. The highest BCUT2D eigenvalue weighted by molar-refractivity contribution is 6.30. The van der Waals surface area contributed by atoms with Crippen LogP contribution in [-0.2, 0) is 22.3 Å². The molecule has 4 N–H and O–H groups in total. The van der Waals surface area contributed by atoms with E-state index < -0.39 is 40.5 Å². The van der Waals surface area contributed by atoms with Crippen molar-refractivity contribution in [2.24, 2.45) is 0 Å². The number of nitrogens with zero attached hydrogens (tertiary/aromatic N) is 1. The van der Waals surface area contributed by atoms with E-state index in [-0.39, 0.29) is 53.7 Å². The lowest BCUT2D eigenvalue weighted by Crippen LogP contribution is -2.59.